The van der Waals surface area contributed by atoms with Gasteiger partial charge in [-0.1, -0.05) is 6.07 Å². The highest BCUT2D eigenvalue weighted by molar-refractivity contribution is 5.99. The number of carbonyl (C=O) groups excluding carboxylic acids is 2. The molecule has 2 aromatic carbocycles. The Hall–Kier alpha value is -3.22. The quantitative estimate of drug-likeness (QED) is 0.766. The minimum Gasteiger partial charge on any atom is -0.493 e. The number of methoxy groups -OCH3 is 2. The molecule has 0 bridgehead atoms. The normalized spacial score (nSPS) is 17.9. The van der Waals surface area contributed by atoms with Gasteiger partial charge in [0.1, 0.15) is 5.75 Å². The smallest absolute Gasteiger partial charge is 0.262 e. The number of hydrogen-bond acceptors (Lipinski definition) is 5. The largest absolute Gasteiger partial charge is 0.493 e. The molecule has 2 heterocycles. The maximum atomic E-state index is 13.3. The molecule has 7 heteroatoms. The van der Waals surface area contributed by atoms with Crippen molar-refractivity contribution in [3.8, 4) is 17.2 Å². The highest BCUT2D eigenvalue weighted by atomic mass is 16.5. The average Bonchev–Trinajstić information content (AvgIpc) is 2.81. The number of benzene rings is 2. The van der Waals surface area contributed by atoms with Crippen molar-refractivity contribution in [3.63, 3.8) is 0 Å². The fraction of sp³-hybridized carbons (Fsp3) is 0.417. The van der Waals surface area contributed by atoms with E-state index in [4.69, 9.17) is 14.2 Å². The van der Waals surface area contributed by atoms with Crippen LogP contribution in [0.25, 0.3) is 0 Å². The van der Waals surface area contributed by atoms with Gasteiger partial charge in [-0.2, -0.15) is 0 Å². The Morgan fingerprint density at radius 1 is 1.13 bits per heavy atom. The van der Waals surface area contributed by atoms with Gasteiger partial charge in [-0.3, -0.25) is 9.59 Å². The highest BCUT2D eigenvalue weighted by Crippen LogP contribution is 2.32. The predicted molar refractivity (Wildman–Crippen MR) is 117 cm³/mol. The van der Waals surface area contributed by atoms with E-state index in [0.717, 1.165) is 50.0 Å². The summed E-state index contributed by atoms with van der Waals surface area (Å²) in [4.78, 5) is 26.8. The number of piperidine rings is 1. The van der Waals surface area contributed by atoms with Crippen LogP contribution in [0.2, 0.25) is 0 Å². The van der Waals surface area contributed by atoms with Crippen LogP contribution in [-0.4, -0.2) is 50.1 Å². The number of hydrogen-bond donors (Lipinski definition) is 1. The first kappa shape index (κ1) is 21.0. The lowest BCUT2D eigenvalue weighted by molar-refractivity contribution is -0.118. The second-order valence-electron chi connectivity index (χ2n) is 7.92. The Balaban J connectivity index is 1.46. The molecule has 2 aliphatic heterocycles. The third-order valence-corrected chi connectivity index (χ3v) is 5.96. The number of aryl methyl sites for hydroxylation is 1. The molecule has 2 aromatic rings. The first-order valence-corrected chi connectivity index (χ1v) is 10.7. The van der Waals surface area contributed by atoms with Gasteiger partial charge in [0.05, 0.1) is 19.9 Å². The molecule has 31 heavy (non-hydrogen) atoms. The van der Waals surface area contributed by atoms with Gasteiger partial charge in [0.15, 0.2) is 18.1 Å². The Morgan fingerprint density at radius 3 is 2.77 bits per heavy atom. The average molecular weight is 424 g/mol. The molecule has 164 valence electrons. The minimum atomic E-state index is -0.183. The number of nitrogens with zero attached hydrogens (tertiary/aromatic N) is 1. The summed E-state index contributed by atoms with van der Waals surface area (Å²) in [5.41, 5.74) is 2.36. The van der Waals surface area contributed by atoms with Crippen molar-refractivity contribution >= 4 is 17.5 Å². The second-order valence-corrected chi connectivity index (χ2v) is 7.92. The van der Waals surface area contributed by atoms with E-state index in [2.05, 4.69) is 5.32 Å². The van der Waals surface area contributed by atoms with Gasteiger partial charge in [-0.25, -0.2) is 0 Å². The van der Waals surface area contributed by atoms with Crippen LogP contribution in [0, 0.1) is 0 Å². The van der Waals surface area contributed by atoms with Crippen LogP contribution in [0.5, 0.6) is 17.2 Å². The van der Waals surface area contributed by atoms with Gasteiger partial charge in [-0.15, -0.1) is 0 Å². The first-order valence-electron chi connectivity index (χ1n) is 10.7. The molecule has 1 N–H and O–H groups in total. The van der Waals surface area contributed by atoms with E-state index >= 15 is 0 Å². The van der Waals surface area contributed by atoms with Crippen LogP contribution in [0.1, 0.15) is 41.6 Å². The van der Waals surface area contributed by atoms with E-state index in [-0.39, 0.29) is 24.5 Å². The molecular formula is C24H28N2O5. The summed E-state index contributed by atoms with van der Waals surface area (Å²) in [5, 5.41) is 2.76. The van der Waals surface area contributed by atoms with Crippen molar-refractivity contribution in [3.05, 3.63) is 47.5 Å². The number of nitrogens with one attached hydrogen (secondary N) is 1. The van der Waals surface area contributed by atoms with Gasteiger partial charge in [0.2, 0.25) is 0 Å². The van der Waals surface area contributed by atoms with Crippen molar-refractivity contribution in [1.29, 1.82) is 0 Å². The molecule has 0 saturated carbocycles. The summed E-state index contributed by atoms with van der Waals surface area (Å²) in [5.74, 6) is 1.81. The molecule has 0 spiro atoms. The van der Waals surface area contributed by atoms with Crippen molar-refractivity contribution in [2.45, 2.75) is 38.1 Å². The second kappa shape index (κ2) is 9.29. The van der Waals surface area contributed by atoms with Crippen LogP contribution >= 0.6 is 0 Å². The zero-order chi connectivity index (χ0) is 21.8. The molecule has 1 fully saturated rings. The lowest BCUT2D eigenvalue weighted by atomic mass is 9.94. The Labute approximate surface area is 182 Å². The Morgan fingerprint density at radius 2 is 1.97 bits per heavy atom. The summed E-state index contributed by atoms with van der Waals surface area (Å²) in [6.45, 7) is 0.729. The maximum absolute atomic E-state index is 13.3. The molecule has 4 rings (SSSR count). The van der Waals surface area contributed by atoms with Crippen LogP contribution in [0.15, 0.2) is 36.4 Å². The number of likely N-dealkylation sites (tertiary alicyclic amines) is 1. The molecule has 2 amide bonds. The van der Waals surface area contributed by atoms with E-state index in [1.54, 1.807) is 32.4 Å². The summed E-state index contributed by atoms with van der Waals surface area (Å²) in [6.07, 6.45) is 4.87. The molecule has 0 radical (unpaired) electrons. The Bertz CT molecular complexity index is 974. The third-order valence-electron chi connectivity index (χ3n) is 5.96. The lowest BCUT2D eigenvalue weighted by Gasteiger charge is -2.36. The maximum Gasteiger partial charge on any atom is 0.262 e. The molecule has 2 aliphatic rings. The van der Waals surface area contributed by atoms with E-state index in [9.17, 15) is 9.59 Å². The van der Waals surface area contributed by atoms with Crippen LogP contribution in [0.3, 0.4) is 0 Å². The van der Waals surface area contributed by atoms with Crippen LogP contribution in [-0.2, 0) is 11.2 Å². The topological polar surface area (TPSA) is 77.1 Å². The zero-order valence-corrected chi connectivity index (χ0v) is 18.0. The van der Waals surface area contributed by atoms with E-state index in [1.165, 1.54) is 0 Å². The van der Waals surface area contributed by atoms with E-state index in [0.29, 0.717) is 22.7 Å². The molecule has 0 aromatic heterocycles. The van der Waals surface area contributed by atoms with Crippen LogP contribution in [0.4, 0.5) is 5.69 Å². The Kier molecular flexibility index (Phi) is 6.30. The van der Waals surface area contributed by atoms with E-state index in [1.807, 2.05) is 23.1 Å². The third kappa shape index (κ3) is 4.60. The number of rotatable bonds is 6. The monoisotopic (exact) mass is 424 g/mol. The van der Waals surface area contributed by atoms with Crippen molar-refractivity contribution in [2.75, 3.05) is 32.7 Å². The van der Waals surface area contributed by atoms with Gasteiger partial charge >= 0.3 is 0 Å². The van der Waals surface area contributed by atoms with Gasteiger partial charge in [-0.05, 0) is 68.0 Å². The predicted octanol–water partition coefficient (Wildman–Crippen LogP) is 3.66. The number of ether oxygens (including phenoxy) is 3. The molecule has 1 unspecified atom stereocenters. The molecule has 1 atom stereocenters. The molecule has 0 aliphatic carbocycles. The highest BCUT2D eigenvalue weighted by Gasteiger charge is 2.28. The van der Waals surface area contributed by atoms with Crippen molar-refractivity contribution in [1.82, 2.24) is 4.90 Å². The number of carbonyl (C=O) groups is 2. The molecule has 7 nitrogen and oxygen atoms in total. The standard InChI is InChI=1S/C24H28N2O5/c1-29-20-11-7-16(13-22(20)30-2)6-9-18-5-3-4-12-26(18)24(28)17-8-10-19-21(14-17)31-15-23(27)25-19/h7-8,10-11,13-14,18H,3-6,9,12,15H2,1-2H3,(H,25,27). The first-order chi connectivity index (χ1) is 15.1. The summed E-state index contributed by atoms with van der Waals surface area (Å²) >= 11 is 0. The molecular weight excluding hydrogens is 396 g/mol. The van der Waals surface area contributed by atoms with Gasteiger partial charge in [0.25, 0.3) is 11.8 Å². The van der Waals surface area contributed by atoms with Gasteiger partial charge in [0, 0.05) is 18.2 Å². The van der Waals surface area contributed by atoms with Crippen molar-refractivity contribution in [2.24, 2.45) is 0 Å². The summed E-state index contributed by atoms with van der Waals surface area (Å²) in [7, 11) is 3.26. The fourth-order valence-corrected chi connectivity index (χ4v) is 4.31. The van der Waals surface area contributed by atoms with Crippen LogP contribution < -0.4 is 19.5 Å². The number of anilines is 1. The lowest BCUT2D eigenvalue weighted by Crippen LogP contribution is -2.44. The minimum absolute atomic E-state index is 0.0142. The summed E-state index contributed by atoms with van der Waals surface area (Å²) in [6, 6.07) is 11.4. The SMILES string of the molecule is COc1ccc(CCC2CCCCN2C(=O)c2ccc3c(c2)OCC(=O)N3)cc1OC. The van der Waals surface area contributed by atoms with Crippen molar-refractivity contribution < 1.29 is 23.8 Å². The molecule has 1 saturated heterocycles. The number of fused-ring (bicyclic) bond motifs is 1. The summed E-state index contributed by atoms with van der Waals surface area (Å²) < 4.78 is 16.2. The van der Waals surface area contributed by atoms with Gasteiger partial charge < -0.3 is 24.4 Å². The number of amides is 2. The van der Waals surface area contributed by atoms with E-state index < -0.39 is 0 Å². The fourth-order valence-electron chi connectivity index (χ4n) is 4.31. The zero-order valence-electron chi connectivity index (χ0n) is 18.0.